The molecule has 0 aliphatic carbocycles. The second-order valence-corrected chi connectivity index (χ2v) is 4.91. The molecular formula is C12H16ClF3N4O. The van der Waals surface area contributed by atoms with E-state index in [4.69, 9.17) is 17.4 Å². The Morgan fingerprint density at radius 2 is 2.05 bits per heavy atom. The van der Waals surface area contributed by atoms with Crippen LogP contribution >= 0.6 is 11.6 Å². The number of nitrogens with two attached hydrogens (primary N) is 1. The molecule has 1 aromatic heterocycles. The number of aromatic nitrogens is 1. The van der Waals surface area contributed by atoms with Crippen molar-refractivity contribution in [2.24, 2.45) is 5.84 Å². The fourth-order valence-electron chi connectivity index (χ4n) is 1.75. The standard InChI is InChI=1S/C12H16ClF3N4O/c1-2-11(20-17,5-6-12(14,15)16)10(21)19-8-3-4-9(13)18-7-8/h3-4,7,20H,2,5-6,17H2,1H3,(H,19,21). The molecule has 0 spiro atoms. The second-order valence-electron chi connectivity index (χ2n) is 4.52. The van der Waals surface area contributed by atoms with Crippen LogP contribution in [0.4, 0.5) is 18.9 Å². The molecule has 118 valence electrons. The Morgan fingerprint density at radius 1 is 1.38 bits per heavy atom. The number of hydrogen-bond acceptors (Lipinski definition) is 4. The molecule has 0 radical (unpaired) electrons. The fraction of sp³-hybridized carbons (Fsp3) is 0.500. The fourth-order valence-corrected chi connectivity index (χ4v) is 1.86. The molecule has 21 heavy (non-hydrogen) atoms. The maximum atomic E-state index is 12.4. The number of nitrogens with one attached hydrogen (secondary N) is 2. The third kappa shape index (κ3) is 5.14. The number of hydrogen-bond donors (Lipinski definition) is 3. The normalized spacial score (nSPS) is 14.6. The highest BCUT2D eigenvalue weighted by molar-refractivity contribution is 6.29. The minimum Gasteiger partial charge on any atom is -0.323 e. The van der Waals surface area contributed by atoms with Gasteiger partial charge in [-0.3, -0.25) is 10.6 Å². The quantitative estimate of drug-likeness (QED) is 0.427. The Kier molecular flexibility index (Phi) is 5.94. The van der Waals surface area contributed by atoms with Crippen molar-refractivity contribution >= 4 is 23.2 Å². The molecule has 1 atom stereocenters. The number of amides is 1. The van der Waals surface area contributed by atoms with Gasteiger partial charge in [0.05, 0.1) is 11.9 Å². The lowest BCUT2D eigenvalue weighted by atomic mass is 9.89. The molecule has 1 unspecified atom stereocenters. The van der Waals surface area contributed by atoms with Gasteiger partial charge in [-0.15, -0.1) is 0 Å². The first-order valence-electron chi connectivity index (χ1n) is 6.20. The minimum atomic E-state index is -4.36. The van der Waals surface area contributed by atoms with E-state index in [-0.39, 0.29) is 11.6 Å². The van der Waals surface area contributed by atoms with Crippen LogP contribution in [-0.2, 0) is 4.79 Å². The summed E-state index contributed by atoms with van der Waals surface area (Å²) >= 11 is 5.61. The van der Waals surface area contributed by atoms with Gasteiger partial charge in [0, 0.05) is 6.42 Å². The lowest BCUT2D eigenvalue weighted by Crippen LogP contribution is -2.57. The molecule has 0 saturated carbocycles. The van der Waals surface area contributed by atoms with Gasteiger partial charge in [0.1, 0.15) is 10.7 Å². The zero-order valence-corrected chi connectivity index (χ0v) is 12.1. The molecule has 0 aliphatic rings. The molecule has 4 N–H and O–H groups in total. The number of pyridine rings is 1. The highest BCUT2D eigenvalue weighted by atomic mass is 35.5. The van der Waals surface area contributed by atoms with Crippen LogP contribution in [0.2, 0.25) is 5.15 Å². The molecule has 1 aromatic rings. The van der Waals surface area contributed by atoms with Gasteiger partial charge in [-0.25, -0.2) is 10.4 Å². The van der Waals surface area contributed by atoms with Gasteiger partial charge in [-0.05, 0) is 25.0 Å². The number of carbonyl (C=O) groups excluding carboxylic acids is 1. The van der Waals surface area contributed by atoms with E-state index in [1.54, 1.807) is 6.92 Å². The van der Waals surface area contributed by atoms with Crippen molar-refractivity contribution in [2.45, 2.75) is 37.9 Å². The number of hydrazine groups is 1. The Morgan fingerprint density at radius 3 is 2.48 bits per heavy atom. The largest absolute Gasteiger partial charge is 0.389 e. The molecule has 0 aliphatic heterocycles. The van der Waals surface area contributed by atoms with Crippen molar-refractivity contribution in [1.82, 2.24) is 10.4 Å². The summed E-state index contributed by atoms with van der Waals surface area (Å²) in [7, 11) is 0. The first-order valence-corrected chi connectivity index (χ1v) is 6.58. The van der Waals surface area contributed by atoms with Gasteiger partial charge in [0.2, 0.25) is 5.91 Å². The average molecular weight is 325 g/mol. The van der Waals surface area contributed by atoms with E-state index in [1.807, 2.05) is 0 Å². The summed E-state index contributed by atoms with van der Waals surface area (Å²) in [5, 5.41) is 2.72. The molecule has 0 saturated heterocycles. The van der Waals surface area contributed by atoms with Crippen LogP contribution in [0.5, 0.6) is 0 Å². The van der Waals surface area contributed by atoms with E-state index in [2.05, 4.69) is 15.7 Å². The summed E-state index contributed by atoms with van der Waals surface area (Å²) in [6, 6.07) is 2.95. The van der Waals surface area contributed by atoms with E-state index in [1.165, 1.54) is 18.3 Å². The van der Waals surface area contributed by atoms with Crippen LogP contribution in [0.15, 0.2) is 18.3 Å². The van der Waals surface area contributed by atoms with Gasteiger partial charge in [0.15, 0.2) is 0 Å². The molecule has 9 heteroatoms. The maximum absolute atomic E-state index is 12.4. The van der Waals surface area contributed by atoms with E-state index < -0.39 is 30.5 Å². The van der Waals surface area contributed by atoms with Crippen molar-refractivity contribution in [3.05, 3.63) is 23.5 Å². The number of halogens is 4. The van der Waals surface area contributed by atoms with Crippen LogP contribution in [-0.4, -0.2) is 22.6 Å². The molecule has 1 heterocycles. The SMILES string of the molecule is CCC(CCC(F)(F)F)(NN)C(=O)Nc1ccc(Cl)nc1. The molecule has 0 bridgehead atoms. The van der Waals surface area contributed by atoms with E-state index in [0.717, 1.165) is 0 Å². The summed E-state index contributed by atoms with van der Waals surface area (Å²) in [5.41, 5.74) is 1.03. The summed E-state index contributed by atoms with van der Waals surface area (Å²) in [5.74, 6) is 4.66. The Hall–Kier alpha value is -1.38. The molecule has 0 fully saturated rings. The Balaban J connectivity index is 2.83. The summed E-state index contributed by atoms with van der Waals surface area (Å²) < 4.78 is 37.1. The summed E-state index contributed by atoms with van der Waals surface area (Å²) in [4.78, 5) is 16.0. The van der Waals surface area contributed by atoms with E-state index in [0.29, 0.717) is 5.69 Å². The van der Waals surface area contributed by atoms with Crippen molar-refractivity contribution in [1.29, 1.82) is 0 Å². The van der Waals surface area contributed by atoms with Crippen LogP contribution < -0.4 is 16.6 Å². The maximum Gasteiger partial charge on any atom is 0.389 e. The minimum absolute atomic E-state index is 0.104. The van der Waals surface area contributed by atoms with Gasteiger partial charge in [0.25, 0.3) is 0 Å². The van der Waals surface area contributed by atoms with Crippen LogP contribution in [0, 0.1) is 0 Å². The van der Waals surface area contributed by atoms with Crippen LogP contribution in [0.1, 0.15) is 26.2 Å². The van der Waals surface area contributed by atoms with E-state index in [9.17, 15) is 18.0 Å². The number of anilines is 1. The number of alkyl halides is 3. The van der Waals surface area contributed by atoms with Crippen molar-refractivity contribution in [2.75, 3.05) is 5.32 Å². The van der Waals surface area contributed by atoms with Crippen LogP contribution in [0.3, 0.4) is 0 Å². The van der Waals surface area contributed by atoms with Gasteiger partial charge in [-0.1, -0.05) is 18.5 Å². The van der Waals surface area contributed by atoms with Crippen molar-refractivity contribution in [3.63, 3.8) is 0 Å². The monoisotopic (exact) mass is 324 g/mol. The van der Waals surface area contributed by atoms with Crippen molar-refractivity contribution in [3.8, 4) is 0 Å². The number of carbonyl (C=O) groups is 1. The van der Waals surface area contributed by atoms with Crippen molar-refractivity contribution < 1.29 is 18.0 Å². The predicted molar refractivity (Wildman–Crippen MR) is 73.5 cm³/mol. The molecule has 1 amide bonds. The Labute approximate surface area is 125 Å². The molecule has 0 aromatic carbocycles. The van der Waals surface area contributed by atoms with Crippen LogP contribution in [0.25, 0.3) is 0 Å². The summed E-state index contributed by atoms with van der Waals surface area (Å²) in [6.07, 6.45) is -4.53. The lowest BCUT2D eigenvalue weighted by molar-refractivity contribution is -0.142. The average Bonchev–Trinajstić information content (AvgIpc) is 2.42. The molecule has 1 rings (SSSR count). The number of rotatable bonds is 6. The zero-order chi connectivity index (χ0) is 16.1. The zero-order valence-electron chi connectivity index (χ0n) is 11.3. The lowest BCUT2D eigenvalue weighted by Gasteiger charge is -2.31. The first kappa shape index (κ1) is 17.7. The topological polar surface area (TPSA) is 80.0 Å². The highest BCUT2D eigenvalue weighted by Crippen LogP contribution is 2.28. The summed E-state index contributed by atoms with van der Waals surface area (Å²) in [6.45, 7) is 1.58. The smallest absolute Gasteiger partial charge is 0.323 e. The molecule has 5 nitrogen and oxygen atoms in total. The highest BCUT2D eigenvalue weighted by Gasteiger charge is 2.40. The van der Waals surface area contributed by atoms with E-state index >= 15 is 0 Å². The first-order chi connectivity index (χ1) is 9.72. The molecular weight excluding hydrogens is 309 g/mol. The van der Waals surface area contributed by atoms with Gasteiger partial charge in [-0.2, -0.15) is 13.2 Å². The predicted octanol–water partition coefficient (Wildman–Crippen LogP) is 2.63. The Bertz CT molecular complexity index is 474. The third-order valence-electron chi connectivity index (χ3n) is 3.13. The van der Waals surface area contributed by atoms with Gasteiger partial charge >= 0.3 is 6.18 Å². The third-order valence-corrected chi connectivity index (χ3v) is 3.36. The van der Waals surface area contributed by atoms with Gasteiger partial charge < -0.3 is 5.32 Å². The second kappa shape index (κ2) is 7.06. The number of nitrogens with zero attached hydrogens (tertiary/aromatic N) is 1.